The zero-order valence-corrected chi connectivity index (χ0v) is 12.8. The van der Waals surface area contributed by atoms with E-state index in [2.05, 4.69) is 4.74 Å². The minimum absolute atomic E-state index is 0. The molecule has 6 heteroatoms. The average molecular weight is 244 g/mol. The summed E-state index contributed by atoms with van der Waals surface area (Å²) in [6.45, 7) is 9.30. The Labute approximate surface area is 132 Å². The van der Waals surface area contributed by atoms with E-state index in [9.17, 15) is 14.7 Å². The van der Waals surface area contributed by atoms with Crippen LogP contribution in [0.1, 0.15) is 41.0 Å². The Hall–Kier alpha value is 0.135. The van der Waals surface area contributed by atoms with E-state index in [1.165, 1.54) is 0 Å². The van der Waals surface area contributed by atoms with Crippen molar-refractivity contribution in [1.29, 1.82) is 0 Å². The molecule has 0 radical (unpaired) electrons. The fourth-order valence-electron chi connectivity index (χ4n) is 1.04. The predicted octanol–water partition coefficient (Wildman–Crippen LogP) is -2.05. The first kappa shape index (κ1) is 23.2. The van der Waals surface area contributed by atoms with Gasteiger partial charge in [-0.2, -0.15) is 0 Å². The van der Waals surface area contributed by atoms with Gasteiger partial charge in [-0.3, -0.25) is 4.79 Å². The summed E-state index contributed by atoms with van der Waals surface area (Å²) in [6, 6.07) is 0. The van der Waals surface area contributed by atoms with Gasteiger partial charge in [-0.25, -0.2) is 0 Å². The molecule has 0 aliphatic heterocycles. The third-order valence-electron chi connectivity index (χ3n) is 2.19. The number of carbonyl (C=O) groups is 2. The Morgan fingerprint density at radius 3 is 1.89 bits per heavy atom. The van der Waals surface area contributed by atoms with Gasteiger partial charge < -0.3 is 4.74 Å². The summed E-state index contributed by atoms with van der Waals surface area (Å²) in [6.07, 6.45) is 0.690. The van der Waals surface area contributed by atoms with Gasteiger partial charge in [-0.05, 0) is 6.92 Å². The second kappa shape index (κ2) is 12.2. The maximum atomic E-state index is 10.5. The minimum atomic E-state index is -0.954. The van der Waals surface area contributed by atoms with Crippen LogP contribution in [-0.4, -0.2) is 36.3 Å². The van der Waals surface area contributed by atoms with Crippen LogP contribution in [0, 0.1) is 11.3 Å². The molecule has 0 N–H and O–H groups in total. The number of aliphatic carboxylic acids is 1. The summed E-state index contributed by atoms with van der Waals surface area (Å²) in [4.78, 5) is 20.8. The fraction of sp³-hybridized carbons (Fsp3) is 0.833. The summed E-state index contributed by atoms with van der Waals surface area (Å²) < 4.78 is 4.66. The molecule has 96 valence electrons. The second-order valence-electron chi connectivity index (χ2n) is 4.83. The molecule has 0 unspecified atom stereocenters. The molecule has 0 heterocycles. The first-order valence-electron chi connectivity index (χ1n) is 6.07. The Morgan fingerprint density at radius 2 is 1.78 bits per heavy atom. The molecule has 0 aromatic rings. The van der Waals surface area contributed by atoms with Crippen molar-refractivity contribution in [3.8, 4) is 0 Å². The maximum absolute atomic E-state index is 10.5. The number of carboxylic acids is 1. The van der Waals surface area contributed by atoms with Crippen molar-refractivity contribution in [2.75, 3.05) is 6.61 Å². The molecule has 4 nitrogen and oxygen atoms in total. The van der Waals surface area contributed by atoms with E-state index in [1.807, 2.05) is 31.6 Å². The molecule has 0 atom stereocenters. The van der Waals surface area contributed by atoms with E-state index < -0.39 is 11.4 Å². The number of rotatable bonds is 5. The zero-order valence-electron chi connectivity index (χ0n) is 12.8. The van der Waals surface area contributed by atoms with Crippen molar-refractivity contribution in [3.63, 3.8) is 0 Å². The van der Waals surface area contributed by atoms with Crippen LogP contribution >= 0.6 is 0 Å². The molecule has 0 bridgehead atoms. The summed E-state index contributed by atoms with van der Waals surface area (Å²) in [5.74, 6) is -1.06. The van der Waals surface area contributed by atoms with Crippen LogP contribution in [0.4, 0.5) is 0 Å². The molecule has 0 saturated heterocycles. The number of hydrogen-bond acceptors (Lipinski definition) is 4. The van der Waals surface area contributed by atoms with E-state index in [1.54, 1.807) is 20.8 Å². The van der Waals surface area contributed by atoms with Gasteiger partial charge in [0.25, 0.3) is 0 Å². The van der Waals surface area contributed by atoms with Gasteiger partial charge in [0.1, 0.15) is 0 Å². The molecule has 0 amide bonds. The van der Waals surface area contributed by atoms with E-state index in [0.29, 0.717) is 13.0 Å². The molecule has 0 aliphatic rings. The number of ether oxygens (including phenoxy) is 1. The second-order valence-corrected chi connectivity index (χ2v) is 4.83. The van der Waals surface area contributed by atoms with Crippen LogP contribution in [0.5, 0.6) is 0 Å². The SMILES string of the molecule is CCOC(=O)C(C)C.[Li+].[Li][CH2]CC(C)(C)C(=O)[O-]. The normalized spacial score (nSPS) is 10.0. The zero-order chi connectivity index (χ0) is 14.1. The Morgan fingerprint density at radius 1 is 1.33 bits per heavy atom. The Bertz CT molecular complexity index is 240. The number of esters is 1. The molecule has 0 aromatic heterocycles. The van der Waals surface area contributed by atoms with Crippen molar-refractivity contribution in [1.82, 2.24) is 0 Å². The van der Waals surface area contributed by atoms with Crippen molar-refractivity contribution in [2.24, 2.45) is 11.3 Å². The van der Waals surface area contributed by atoms with Crippen LogP contribution in [0.25, 0.3) is 0 Å². The standard InChI is InChI=1S/C6H11O2.C6H12O2.2Li/c1-4-6(2,3)5(7)8;1-4-8-6(7)5(2)3;;/h1,4H2,2-3H3,(H,7,8);5H,4H2,1-3H3;;/q;;;+1/p-1. The molecule has 0 fully saturated rings. The summed E-state index contributed by atoms with van der Waals surface area (Å²) in [5.41, 5.74) is -0.644. The van der Waals surface area contributed by atoms with Crippen molar-refractivity contribution < 1.29 is 38.3 Å². The predicted molar refractivity (Wildman–Crippen MR) is 65.4 cm³/mol. The van der Waals surface area contributed by atoms with E-state index in [-0.39, 0.29) is 30.7 Å². The van der Waals surface area contributed by atoms with Crippen molar-refractivity contribution in [3.05, 3.63) is 0 Å². The Balaban J connectivity index is -0.000000238. The van der Waals surface area contributed by atoms with E-state index in [4.69, 9.17) is 0 Å². The van der Waals surface area contributed by atoms with Gasteiger partial charge >= 0.3 is 89.2 Å². The topological polar surface area (TPSA) is 66.4 Å². The van der Waals surface area contributed by atoms with Crippen molar-refractivity contribution >= 4 is 29.7 Å². The van der Waals surface area contributed by atoms with Gasteiger partial charge in [-0.15, -0.1) is 0 Å². The first-order chi connectivity index (χ1) is 7.68. The van der Waals surface area contributed by atoms with Gasteiger partial charge in [0.2, 0.25) is 0 Å². The molecule has 0 aromatic carbocycles. The number of hydrogen-bond donors (Lipinski definition) is 0. The average Bonchev–Trinajstić information content (AvgIpc) is 2.18. The van der Waals surface area contributed by atoms with Gasteiger partial charge in [0, 0.05) is 0 Å². The van der Waals surface area contributed by atoms with Gasteiger partial charge in [0.05, 0.1) is 12.5 Å². The van der Waals surface area contributed by atoms with Crippen LogP contribution in [0.15, 0.2) is 0 Å². The monoisotopic (exact) mass is 244 g/mol. The number of carbonyl (C=O) groups excluding carboxylic acids is 2. The van der Waals surface area contributed by atoms with Crippen LogP contribution in [-0.2, 0) is 14.3 Å². The molecular weight excluding hydrogens is 222 g/mol. The fourth-order valence-corrected chi connectivity index (χ4v) is 1.04. The van der Waals surface area contributed by atoms with Gasteiger partial charge in [-0.1, -0.05) is 13.8 Å². The van der Waals surface area contributed by atoms with Crippen molar-refractivity contribution in [2.45, 2.75) is 46.1 Å². The number of carboxylic acid groups (broad SMARTS) is 1. The van der Waals surface area contributed by atoms with E-state index >= 15 is 0 Å². The van der Waals surface area contributed by atoms with Gasteiger partial charge in [0.15, 0.2) is 0 Å². The molecular formula is C12H22Li2O4. The van der Waals surface area contributed by atoms with E-state index in [0.717, 1.165) is 5.09 Å². The third-order valence-corrected chi connectivity index (χ3v) is 2.19. The van der Waals surface area contributed by atoms with Crippen LogP contribution in [0.2, 0.25) is 5.09 Å². The molecule has 0 saturated carbocycles. The molecule has 18 heavy (non-hydrogen) atoms. The van der Waals surface area contributed by atoms with Crippen LogP contribution in [0.3, 0.4) is 0 Å². The summed E-state index contributed by atoms with van der Waals surface area (Å²) >= 11 is 1.96. The summed E-state index contributed by atoms with van der Waals surface area (Å²) in [5, 5.41) is 11.2. The van der Waals surface area contributed by atoms with Crippen LogP contribution < -0.4 is 24.0 Å². The first-order valence-corrected chi connectivity index (χ1v) is 6.07. The molecule has 0 spiro atoms. The third kappa shape index (κ3) is 12.6. The molecule has 0 aliphatic carbocycles. The summed E-state index contributed by atoms with van der Waals surface area (Å²) in [7, 11) is 0. The molecule has 0 rings (SSSR count). The Kier molecular flexibility index (Phi) is 15.7. The quantitative estimate of drug-likeness (QED) is 0.412.